The van der Waals surface area contributed by atoms with Crippen LogP contribution in [0.15, 0.2) is 30.3 Å². The molecule has 0 fully saturated rings. The average Bonchev–Trinajstić information content (AvgIpc) is 3.04. The summed E-state index contributed by atoms with van der Waals surface area (Å²) in [7, 11) is 0. The van der Waals surface area contributed by atoms with E-state index in [1.54, 1.807) is 10.7 Å². The van der Waals surface area contributed by atoms with Crippen LogP contribution in [0.1, 0.15) is 41.6 Å². The molecule has 0 unspecified atom stereocenters. The van der Waals surface area contributed by atoms with Crippen LogP contribution in [-0.4, -0.2) is 27.4 Å². The van der Waals surface area contributed by atoms with E-state index < -0.39 is 5.97 Å². The molecule has 0 radical (unpaired) electrons. The highest BCUT2D eigenvalue weighted by atomic mass is 16.4. The molecule has 1 aromatic carbocycles. The van der Waals surface area contributed by atoms with Crippen molar-refractivity contribution in [2.45, 2.75) is 32.9 Å². The summed E-state index contributed by atoms with van der Waals surface area (Å²) < 4.78 is 1.58. The van der Waals surface area contributed by atoms with E-state index in [1.165, 1.54) is 11.3 Å². The Morgan fingerprint density at radius 3 is 2.81 bits per heavy atom. The molecule has 0 aliphatic carbocycles. The summed E-state index contributed by atoms with van der Waals surface area (Å²) >= 11 is 0. The maximum Gasteiger partial charge on any atom is 0.354 e. The van der Waals surface area contributed by atoms with E-state index in [9.17, 15) is 9.90 Å². The van der Waals surface area contributed by atoms with Gasteiger partial charge in [0.25, 0.3) is 0 Å². The van der Waals surface area contributed by atoms with Gasteiger partial charge in [-0.1, -0.05) is 18.2 Å². The lowest BCUT2D eigenvalue weighted by molar-refractivity contribution is 0.0681. The smallest absolute Gasteiger partial charge is 0.354 e. The van der Waals surface area contributed by atoms with E-state index >= 15 is 0 Å². The van der Waals surface area contributed by atoms with Gasteiger partial charge in [0.15, 0.2) is 0 Å². The van der Waals surface area contributed by atoms with Gasteiger partial charge < -0.3 is 10.0 Å². The van der Waals surface area contributed by atoms with Crippen LogP contribution in [0, 0.1) is 0 Å². The fourth-order valence-corrected chi connectivity index (χ4v) is 2.84. The average molecular weight is 285 g/mol. The topological polar surface area (TPSA) is 58.4 Å². The normalized spacial score (nSPS) is 13.8. The van der Waals surface area contributed by atoms with Crippen molar-refractivity contribution in [2.75, 3.05) is 11.4 Å². The highest BCUT2D eigenvalue weighted by Crippen LogP contribution is 2.28. The molecule has 5 heteroatoms. The lowest BCUT2D eigenvalue weighted by Crippen LogP contribution is -2.20. The number of benzene rings is 1. The summed E-state index contributed by atoms with van der Waals surface area (Å²) in [6, 6.07) is 10.1. The number of hydrogen-bond donors (Lipinski definition) is 1. The zero-order valence-corrected chi connectivity index (χ0v) is 12.3. The first kappa shape index (κ1) is 13.7. The number of carboxylic acids is 1. The van der Waals surface area contributed by atoms with Gasteiger partial charge in [-0.2, -0.15) is 5.10 Å². The largest absolute Gasteiger partial charge is 0.477 e. The second-order valence-corrected chi connectivity index (χ2v) is 5.66. The number of aromatic carboxylic acids is 1. The highest BCUT2D eigenvalue weighted by Gasteiger charge is 2.22. The van der Waals surface area contributed by atoms with Gasteiger partial charge >= 0.3 is 5.97 Å². The van der Waals surface area contributed by atoms with Crippen LogP contribution >= 0.6 is 0 Å². The molecule has 0 spiro atoms. The molecule has 1 aliphatic rings. The molecule has 110 valence electrons. The first-order valence-corrected chi connectivity index (χ1v) is 7.21. The van der Waals surface area contributed by atoms with E-state index in [-0.39, 0.29) is 11.7 Å². The number of para-hydroxylation sites is 1. The molecule has 2 heterocycles. The zero-order valence-electron chi connectivity index (χ0n) is 12.3. The molecular formula is C16H19N3O2. The van der Waals surface area contributed by atoms with Crippen LogP contribution in [0.3, 0.4) is 0 Å². The Morgan fingerprint density at radius 2 is 2.14 bits per heavy atom. The zero-order chi connectivity index (χ0) is 15.0. The van der Waals surface area contributed by atoms with Crippen molar-refractivity contribution in [3.8, 4) is 0 Å². The molecular weight excluding hydrogens is 266 g/mol. The Morgan fingerprint density at radius 1 is 1.38 bits per heavy atom. The van der Waals surface area contributed by atoms with Crippen LogP contribution in [0.5, 0.6) is 0 Å². The summed E-state index contributed by atoms with van der Waals surface area (Å²) in [5.41, 5.74) is 3.64. The predicted octanol–water partition coefficient (Wildman–Crippen LogP) is 2.72. The first-order chi connectivity index (χ1) is 10.1. The van der Waals surface area contributed by atoms with Gasteiger partial charge in [0.05, 0.1) is 12.2 Å². The van der Waals surface area contributed by atoms with Crippen LogP contribution < -0.4 is 4.90 Å². The number of rotatable bonds is 4. The molecule has 1 N–H and O–H groups in total. The number of anilines is 1. The van der Waals surface area contributed by atoms with E-state index in [0.717, 1.165) is 18.7 Å². The lowest BCUT2D eigenvalue weighted by atomic mass is 10.2. The van der Waals surface area contributed by atoms with Gasteiger partial charge in [0.2, 0.25) is 0 Å². The van der Waals surface area contributed by atoms with E-state index in [4.69, 9.17) is 0 Å². The third-order valence-corrected chi connectivity index (χ3v) is 3.83. The van der Waals surface area contributed by atoms with Gasteiger partial charge in [-0.25, -0.2) is 4.79 Å². The molecule has 0 amide bonds. The van der Waals surface area contributed by atoms with Gasteiger partial charge in [0, 0.05) is 18.3 Å². The Hall–Kier alpha value is -2.30. The van der Waals surface area contributed by atoms with Crippen molar-refractivity contribution < 1.29 is 9.90 Å². The molecule has 5 nitrogen and oxygen atoms in total. The van der Waals surface area contributed by atoms with E-state index in [2.05, 4.69) is 28.2 Å². The summed E-state index contributed by atoms with van der Waals surface area (Å²) in [5.74, 6) is -0.927. The summed E-state index contributed by atoms with van der Waals surface area (Å²) in [5, 5.41) is 13.7. The van der Waals surface area contributed by atoms with E-state index in [0.29, 0.717) is 6.54 Å². The lowest BCUT2D eigenvalue weighted by Gasteiger charge is -2.17. The maximum absolute atomic E-state index is 11.3. The van der Waals surface area contributed by atoms with Crippen LogP contribution in [0.2, 0.25) is 0 Å². The minimum absolute atomic E-state index is 0.0377. The summed E-state index contributed by atoms with van der Waals surface area (Å²) in [4.78, 5) is 13.6. The number of carbonyl (C=O) groups is 1. The summed E-state index contributed by atoms with van der Waals surface area (Å²) in [6.45, 7) is 5.48. The highest BCUT2D eigenvalue weighted by molar-refractivity contribution is 5.85. The van der Waals surface area contributed by atoms with Crippen molar-refractivity contribution >= 4 is 11.7 Å². The van der Waals surface area contributed by atoms with Gasteiger partial charge in [-0.3, -0.25) is 4.68 Å². The van der Waals surface area contributed by atoms with Gasteiger partial charge in [-0.15, -0.1) is 0 Å². The van der Waals surface area contributed by atoms with Crippen LogP contribution in [0.4, 0.5) is 5.69 Å². The number of hydrogen-bond acceptors (Lipinski definition) is 3. The molecule has 0 bridgehead atoms. The SMILES string of the molecule is CC(C)n1nc(CN2CCc3ccccc32)cc1C(=O)O. The molecule has 0 saturated heterocycles. The molecule has 0 saturated carbocycles. The summed E-state index contributed by atoms with van der Waals surface area (Å²) in [6.07, 6.45) is 1.03. The van der Waals surface area contributed by atoms with E-state index in [1.807, 2.05) is 19.9 Å². The number of fused-ring (bicyclic) bond motifs is 1. The van der Waals surface area contributed by atoms with Gasteiger partial charge in [0.1, 0.15) is 5.69 Å². The number of carboxylic acid groups (broad SMARTS) is 1. The Labute approximate surface area is 123 Å². The Kier molecular flexibility index (Phi) is 3.41. The van der Waals surface area contributed by atoms with Gasteiger partial charge in [-0.05, 0) is 38.0 Å². The van der Waals surface area contributed by atoms with Crippen molar-refractivity contribution in [3.05, 3.63) is 47.3 Å². The fraction of sp³-hybridized carbons (Fsp3) is 0.375. The third-order valence-electron chi connectivity index (χ3n) is 3.83. The third kappa shape index (κ3) is 2.51. The molecule has 0 atom stereocenters. The fourth-order valence-electron chi connectivity index (χ4n) is 2.84. The number of nitrogens with zero attached hydrogens (tertiary/aromatic N) is 3. The number of aromatic nitrogens is 2. The van der Waals surface area contributed by atoms with Crippen LogP contribution in [0.25, 0.3) is 0 Å². The second-order valence-electron chi connectivity index (χ2n) is 5.66. The molecule has 1 aromatic heterocycles. The minimum atomic E-state index is -0.927. The predicted molar refractivity (Wildman–Crippen MR) is 80.8 cm³/mol. The molecule has 3 rings (SSSR count). The molecule has 1 aliphatic heterocycles. The van der Waals surface area contributed by atoms with Crippen molar-refractivity contribution in [2.24, 2.45) is 0 Å². The van der Waals surface area contributed by atoms with Crippen molar-refractivity contribution in [3.63, 3.8) is 0 Å². The quantitative estimate of drug-likeness (QED) is 0.938. The maximum atomic E-state index is 11.3. The van der Waals surface area contributed by atoms with Crippen molar-refractivity contribution in [1.29, 1.82) is 0 Å². The monoisotopic (exact) mass is 285 g/mol. The second kappa shape index (κ2) is 5.24. The molecule has 2 aromatic rings. The molecule has 21 heavy (non-hydrogen) atoms. The van der Waals surface area contributed by atoms with Crippen LogP contribution in [-0.2, 0) is 13.0 Å². The van der Waals surface area contributed by atoms with Crippen molar-refractivity contribution in [1.82, 2.24) is 9.78 Å². The first-order valence-electron chi connectivity index (χ1n) is 7.21. The Bertz CT molecular complexity index is 676. The Balaban J connectivity index is 1.86. The standard InChI is InChI=1S/C16H19N3O2/c1-11(2)19-15(16(20)21)9-13(17-19)10-18-8-7-12-5-3-4-6-14(12)18/h3-6,9,11H,7-8,10H2,1-2H3,(H,20,21). The minimum Gasteiger partial charge on any atom is -0.477 e.